The third kappa shape index (κ3) is 9.02. The van der Waals surface area contributed by atoms with Crippen LogP contribution in [0.5, 0.6) is 11.5 Å². The Labute approximate surface area is 286 Å². The largest absolute Gasteiger partial charge is 0.492 e. The van der Waals surface area contributed by atoms with Crippen LogP contribution in [0, 0.1) is 29.3 Å². The fraction of sp³-hybridized carbons (Fsp3) is 0.375. The van der Waals surface area contributed by atoms with Gasteiger partial charge in [0.1, 0.15) is 30.5 Å². The highest BCUT2D eigenvalue weighted by Gasteiger charge is 2.55. The number of halogens is 3. The Kier molecular flexibility index (Phi) is 10.6. The van der Waals surface area contributed by atoms with Gasteiger partial charge in [-0.1, -0.05) is 75.4 Å². The molecule has 0 bridgehead atoms. The van der Waals surface area contributed by atoms with Crippen molar-refractivity contribution in [1.29, 1.82) is 0 Å². The summed E-state index contributed by atoms with van der Waals surface area (Å²) in [4.78, 5) is 15.3. The number of piperidine rings is 1. The topological polar surface area (TPSA) is 60.0 Å². The van der Waals surface area contributed by atoms with Gasteiger partial charge in [0.05, 0.1) is 0 Å². The normalized spacial score (nSPS) is 19.3. The summed E-state index contributed by atoms with van der Waals surface area (Å²) in [6.45, 7) is 9.63. The average Bonchev–Trinajstić information content (AvgIpc) is 3.53. The molecular weight excluding hydrogens is 629 g/mol. The first-order chi connectivity index (χ1) is 23.5. The minimum atomic E-state index is -1.17. The van der Waals surface area contributed by atoms with Crippen LogP contribution in [0.15, 0.2) is 91.0 Å². The van der Waals surface area contributed by atoms with E-state index in [4.69, 9.17) is 14.2 Å². The van der Waals surface area contributed by atoms with E-state index in [1.165, 1.54) is 5.56 Å². The molecule has 258 valence electrons. The Bertz CT molecular complexity index is 1700. The zero-order chi connectivity index (χ0) is 34.5. The van der Waals surface area contributed by atoms with E-state index in [1.807, 2.05) is 78.9 Å². The monoisotopic (exact) mass is 672 g/mol. The molecular formula is C40H43F3N2O4. The molecule has 4 aromatic rings. The molecule has 4 aromatic carbocycles. The SMILES string of the molecule is CC(C)(C)c1ccc(O[C@@H](Cc2ccc(OCCN[C@H]3C4CN(Cc5cc(F)c(F)cc5F)C[C@@H]43)cc2)C(=O)OCc2ccccc2)cc1. The van der Waals surface area contributed by atoms with Crippen molar-refractivity contribution in [2.24, 2.45) is 11.8 Å². The van der Waals surface area contributed by atoms with Crippen molar-refractivity contribution in [2.75, 3.05) is 26.2 Å². The Morgan fingerprint density at radius 2 is 1.49 bits per heavy atom. The predicted molar refractivity (Wildman–Crippen MR) is 182 cm³/mol. The second-order valence-corrected chi connectivity index (χ2v) is 14.0. The van der Waals surface area contributed by atoms with Gasteiger partial charge in [0.15, 0.2) is 17.7 Å². The minimum Gasteiger partial charge on any atom is -0.492 e. The van der Waals surface area contributed by atoms with E-state index >= 15 is 0 Å². The summed E-state index contributed by atoms with van der Waals surface area (Å²) < 4.78 is 58.7. The number of benzene rings is 4. The number of nitrogens with one attached hydrogen (secondary N) is 1. The fourth-order valence-electron chi connectivity index (χ4n) is 6.49. The summed E-state index contributed by atoms with van der Waals surface area (Å²) in [6, 6.07) is 27.0. The number of carbonyl (C=O) groups is 1. The van der Waals surface area contributed by atoms with E-state index in [0.717, 1.165) is 36.0 Å². The molecule has 6 nitrogen and oxygen atoms in total. The van der Waals surface area contributed by atoms with Crippen LogP contribution in [0.4, 0.5) is 13.2 Å². The lowest BCUT2D eigenvalue weighted by atomic mass is 9.87. The number of esters is 1. The van der Waals surface area contributed by atoms with Gasteiger partial charge in [0, 0.05) is 50.3 Å². The zero-order valence-corrected chi connectivity index (χ0v) is 28.1. The van der Waals surface area contributed by atoms with Gasteiger partial charge in [-0.15, -0.1) is 0 Å². The minimum absolute atomic E-state index is 0.00490. The lowest BCUT2D eigenvalue weighted by Crippen LogP contribution is -2.33. The summed E-state index contributed by atoms with van der Waals surface area (Å²) >= 11 is 0. The van der Waals surface area contributed by atoms with Gasteiger partial charge in [-0.3, -0.25) is 4.90 Å². The summed E-state index contributed by atoms with van der Waals surface area (Å²) in [6.07, 6.45) is -0.495. The highest BCUT2D eigenvalue weighted by atomic mass is 19.2. The Morgan fingerprint density at radius 1 is 0.837 bits per heavy atom. The van der Waals surface area contributed by atoms with Crippen molar-refractivity contribution in [3.8, 4) is 11.5 Å². The zero-order valence-electron chi connectivity index (χ0n) is 28.1. The van der Waals surface area contributed by atoms with Gasteiger partial charge in [0.25, 0.3) is 0 Å². The molecule has 1 N–H and O–H groups in total. The number of carbonyl (C=O) groups excluding carboxylic acids is 1. The van der Waals surface area contributed by atoms with Crippen molar-refractivity contribution < 1.29 is 32.2 Å². The smallest absolute Gasteiger partial charge is 0.348 e. The van der Waals surface area contributed by atoms with Gasteiger partial charge in [-0.25, -0.2) is 18.0 Å². The molecule has 6 rings (SSSR count). The molecule has 1 saturated carbocycles. The van der Waals surface area contributed by atoms with Crippen molar-refractivity contribution in [1.82, 2.24) is 10.2 Å². The highest BCUT2D eigenvalue weighted by Crippen LogP contribution is 2.45. The highest BCUT2D eigenvalue weighted by molar-refractivity contribution is 5.75. The number of nitrogens with zero attached hydrogens (tertiary/aromatic N) is 1. The van der Waals surface area contributed by atoms with Crippen LogP contribution in [0.2, 0.25) is 0 Å². The van der Waals surface area contributed by atoms with E-state index < -0.39 is 29.5 Å². The Balaban J connectivity index is 0.962. The van der Waals surface area contributed by atoms with Gasteiger partial charge < -0.3 is 19.5 Å². The number of fused-ring (bicyclic) bond motifs is 1. The number of hydrogen-bond donors (Lipinski definition) is 1. The first kappa shape index (κ1) is 34.5. The van der Waals surface area contributed by atoms with E-state index in [1.54, 1.807) is 0 Å². The summed E-state index contributed by atoms with van der Waals surface area (Å²) in [5.41, 5.74) is 3.18. The molecule has 4 atom stereocenters. The van der Waals surface area contributed by atoms with Crippen molar-refractivity contribution in [3.05, 3.63) is 131 Å². The first-order valence-electron chi connectivity index (χ1n) is 16.8. The van der Waals surface area contributed by atoms with Gasteiger partial charge in [0.2, 0.25) is 0 Å². The third-order valence-electron chi connectivity index (χ3n) is 9.33. The molecule has 0 aromatic heterocycles. The van der Waals surface area contributed by atoms with Gasteiger partial charge in [-0.05, 0) is 64.3 Å². The molecule has 1 aliphatic carbocycles. The Morgan fingerprint density at radius 3 is 2.16 bits per heavy atom. The fourth-order valence-corrected chi connectivity index (χ4v) is 6.49. The summed E-state index contributed by atoms with van der Waals surface area (Å²) in [5, 5.41) is 3.55. The van der Waals surface area contributed by atoms with E-state index in [-0.39, 0.29) is 24.1 Å². The van der Waals surface area contributed by atoms with Crippen LogP contribution in [-0.4, -0.2) is 49.3 Å². The third-order valence-corrected chi connectivity index (χ3v) is 9.33. The second-order valence-electron chi connectivity index (χ2n) is 14.0. The number of likely N-dealkylation sites (tertiary alicyclic amines) is 1. The van der Waals surface area contributed by atoms with Crippen LogP contribution < -0.4 is 14.8 Å². The number of rotatable bonds is 14. The van der Waals surface area contributed by atoms with E-state index in [9.17, 15) is 18.0 Å². The molecule has 1 unspecified atom stereocenters. The molecule has 1 heterocycles. The molecule has 1 aliphatic heterocycles. The lowest BCUT2D eigenvalue weighted by molar-refractivity contribution is -0.153. The van der Waals surface area contributed by atoms with E-state index in [2.05, 4.69) is 31.0 Å². The van der Waals surface area contributed by atoms with Crippen molar-refractivity contribution in [2.45, 2.75) is 57.9 Å². The average molecular weight is 673 g/mol. The molecule has 1 saturated heterocycles. The molecule has 49 heavy (non-hydrogen) atoms. The quantitative estimate of drug-likeness (QED) is 0.0867. The number of hydrogen-bond acceptors (Lipinski definition) is 6. The standard InChI is InChI=1S/C40H43F3N2O4/c1-40(2,3)29-11-15-31(16-12-29)49-37(39(46)48-25-27-7-5-4-6-8-27)19-26-9-13-30(14-10-26)47-18-17-44-38-32-23-45(24-33(32)38)22-28-20-35(42)36(43)21-34(28)41/h4-16,20-21,32-33,37-38,44H,17-19,22-25H2,1-3H3/t32-,33?,37-,38+/m0/s1. The molecule has 0 spiro atoms. The summed E-state index contributed by atoms with van der Waals surface area (Å²) in [7, 11) is 0. The maximum absolute atomic E-state index is 14.0. The van der Waals surface area contributed by atoms with Crippen molar-refractivity contribution in [3.63, 3.8) is 0 Å². The maximum Gasteiger partial charge on any atom is 0.348 e. The summed E-state index contributed by atoms with van der Waals surface area (Å²) in [5.74, 6) is -1.09. The lowest BCUT2D eigenvalue weighted by Gasteiger charge is -2.21. The van der Waals surface area contributed by atoms with Crippen LogP contribution >= 0.6 is 0 Å². The van der Waals surface area contributed by atoms with Crippen LogP contribution in [-0.2, 0) is 34.5 Å². The Hall–Kier alpha value is -4.34. The number of ether oxygens (including phenoxy) is 3. The van der Waals surface area contributed by atoms with Crippen LogP contribution in [0.25, 0.3) is 0 Å². The first-order valence-corrected chi connectivity index (χ1v) is 16.8. The molecule has 2 fully saturated rings. The second kappa shape index (κ2) is 15.0. The molecule has 0 amide bonds. The molecule has 2 aliphatic rings. The molecule has 9 heteroatoms. The van der Waals surface area contributed by atoms with Crippen LogP contribution in [0.1, 0.15) is 43.0 Å². The van der Waals surface area contributed by atoms with Crippen LogP contribution in [0.3, 0.4) is 0 Å². The predicted octanol–water partition coefficient (Wildman–Crippen LogP) is 7.23. The van der Waals surface area contributed by atoms with E-state index in [0.29, 0.717) is 49.3 Å². The van der Waals surface area contributed by atoms with Gasteiger partial charge >= 0.3 is 5.97 Å². The molecule has 0 radical (unpaired) electrons. The van der Waals surface area contributed by atoms with Crippen molar-refractivity contribution >= 4 is 5.97 Å². The maximum atomic E-state index is 14.0. The van der Waals surface area contributed by atoms with Gasteiger partial charge in [-0.2, -0.15) is 0 Å².